The first kappa shape index (κ1) is 15.6. The molecule has 0 unspecified atom stereocenters. The predicted octanol–water partition coefficient (Wildman–Crippen LogP) is 4.74. The van der Waals surface area contributed by atoms with E-state index in [1.54, 1.807) is 25.2 Å². The van der Waals surface area contributed by atoms with Gasteiger partial charge in [0.15, 0.2) is 0 Å². The van der Waals surface area contributed by atoms with Crippen molar-refractivity contribution in [1.82, 2.24) is 0 Å². The summed E-state index contributed by atoms with van der Waals surface area (Å²) < 4.78 is 5.34. The number of carbonyl (C=O) groups excluding carboxylic acids is 1. The van der Waals surface area contributed by atoms with Crippen molar-refractivity contribution in [2.24, 2.45) is 0 Å². The Morgan fingerprint density at radius 2 is 1.95 bits per heavy atom. The van der Waals surface area contributed by atoms with Crippen LogP contribution in [0, 0.1) is 0 Å². The molecule has 0 aliphatic rings. The van der Waals surface area contributed by atoms with Gasteiger partial charge in [-0.1, -0.05) is 18.2 Å². The van der Waals surface area contributed by atoms with Crippen LogP contribution in [0.15, 0.2) is 24.8 Å². The SMILES string of the molecule is C=C(C)c1cc(Cl)ccc1N(C)C(=O)OC(C)(C)C. The Balaban J connectivity index is 3.09. The smallest absolute Gasteiger partial charge is 0.414 e. The van der Waals surface area contributed by atoms with Crippen LogP contribution in [0.4, 0.5) is 10.5 Å². The van der Waals surface area contributed by atoms with E-state index in [2.05, 4.69) is 6.58 Å². The fourth-order valence-electron chi connectivity index (χ4n) is 1.57. The Hall–Kier alpha value is -1.48. The summed E-state index contributed by atoms with van der Waals surface area (Å²) >= 11 is 5.98. The Kier molecular flexibility index (Phi) is 4.64. The number of hydrogen-bond donors (Lipinski definition) is 0. The summed E-state index contributed by atoms with van der Waals surface area (Å²) in [6, 6.07) is 5.32. The maximum absolute atomic E-state index is 12.1. The average Bonchev–Trinajstić information content (AvgIpc) is 2.25. The minimum absolute atomic E-state index is 0.405. The van der Waals surface area contributed by atoms with Gasteiger partial charge in [-0.15, -0.1) is 0 Å². The number of carbonyl (C=O) groups is 1. The van der Waals surface area contributed by atoms with E-state index < -0.39 is 11.7 Å². The topological polar surface area (TPSA) is 29.5 Å². The lowest BCUT2D eigenvalue weighted by Gasteiger charge is -2.26. The number of ether oxygens (including phenoxy) is 1. The average molecular weight is 282 g/mol. The highest BCUT2D eigenvalue weighted by Crippen LogP contribution is 2.29. The monoisotopic (exact) mass is 281 g/mol. The van der Waals surface area contributed by atoms with Crippen LogP contribution in [0.25, 0.3) is 5.57 Å². The molecule has 1 aromatic rings. The highest BCUT2D eigenvalue weighted by atomic mass is 35.5. The minimum atomic E-state index is -0.527. The third-order valence-electron chi connectivity index (χ3n) is 2.45. The van der Waals surface area contributed by atoms with Crippen LogP contribution < -0.4 is 4.90 Å². The number of anilines is 1. The standard InChI is InChI=1S/C15H20ClNO2/c1-10(2)12-9-11(16)7-8-13(12)17(6)14(18)19-15(3,4)5/h7-9H,1H2,2-6H3. The second kappa shape index (κ2) is 5.66. The largest absolute Gasteiger partial charge is 0.443 e. The van der Waals surface area contributed by atoms with Gasteiger partial charge >= 0.3 is 6.09 Å². The van der Waals surface area contributed by atoms with E-state index >= 15 is 0 Å². The molecule has 0 saturated carbocycles. The fraction of sp³-hybridized carbons (Fsp3) is 0.400. The van der Waals surface area contributed by atoms with Crippen molar-refractivity contribution in [3.05, 3.63) is 35.4 Å². The molecule has 0 atom stereocenters. The molecule has 0 aromatic heterocycles. The van der Waals surface area contributed by atoms with Gasteiger partial charge in [0, 0.05) is 17.6 Å². The first-order chi connectivity index (χ1) is 8.61. The van der Waals surface area contributed by atoms with Crippen LogP contribution in [0.1, 0.15) is 33.3 Å². The van der Waals surface area contributed by atoms with Crippen molar-refractivity contribution in [3.8, 4) is 0 Å². The molecule has 0 aliphatic heterocycles. The maximum atomic E-state index is 12.1. The van der Waals surface area contributed by atoms with Gasteiger partial charge in [-0.25, -0.2) is 4.79 Å². The zero-order valence-electron chi connectivity index (χ0n) is 12.1. The van der Waals surface area contributed by atoms with E-state index in [0.29, 0.717) is 5.02 Å². The summed E-state index contributed by atoms with van der Waals surface area (Å²) in [4.78, 5) is 13.5. The molecule has 104 valence electrons. The summed E-state index contributed by atoms with van der Waals surface area (Å²) in [5.41, 5.74) is 1.88. The molecule has 0 radical (unpaired) electrons. The Labute approximate surface area is 119 Å². The Morgan fingerprint density at radius 1 is 1.37 bits per heavy atom. The van der Waals surface area contributed by atoms with Gasteiger partial charge in [0.05, 0.1) is 5.69 Å². The lowest BCUT2D eigenvalue weighted by molar-refractivity contribution is 0.0589. The number of allylic oxidation sites excluding steroid dienone is 1. The lowest BCUT2D eigenvalue weighted by atomic mass is 10.1. The zero-order chi connectivity index (χ0) is 14.8. The Morgan fingerprint density at radius 3 is 2.42 bits per heavy atom. The van der Waals surface area contributed by atoms with Crippen LogP contribution in [0.5, 0.6) is 0 Å². The number of amides is 1. The first-order valence-corrected chi connectivity index (χ1v) is 6.42. The first-order valence-electron chi connectivity index (χ1n) is 6.04. The van der Waals surface area contributed by atoms with Crippen molar-refractivity contribution < 1.29 is 9.53 Å². The molecule has 1 rings (SSSR count). The summed E-state index contributed by atoms with van der Waals surface area (Å²) in [7, 11) is 1.67. The van der Waals surface area contributed by atoms with Gasteiger partial charge < -0.3 is 4.74 Å². The van der Waals surface area contributed by atoms with Gasteiger partial charge in [0.25, 0.3) is 0 Å². The molecule has 0 bridgehead atoms. The molecule has 19 heavy (non-hydrogen) atoms. The molecule has 1 aromatic carbocycles. The summed E-state index contributed by atoms with van der Waals surface area (Å²) in [5.74, 6) is 0. The number of nitrogens with zero attached hydrogens (tertiary/aromatic N) is 1. The van der Waals surface area contributed by atoms with E-state index in [-0.39, 0.29) is 0 Å². The van der Waals surface area contributed by atoms with Crippen LogP contribution in [0.3, 0.4) is 0 Å². The van der Waals surface area contributed by atoms with E-state index in [0.717, 1.165) is 16.8 Å². The molecule has 0 spiro atoms. The van der Waals surface area contributed by atoms with Crippen molar-refractivity contribution in [1.29, 1.82) is 0 Å². The van der Waals surface area contributed by atoms with Gasteiger partial charge in [-0.3, -0.25) is 4.90 Å². The van der Waals surface area contributed by atoms with Crippen LogP contribution in [-0.2, 0) is 4.74 Å². The second-order valence-corrected chi connectivity index (χ2v) is 5.92. The van der Waals surface area contributed by atoms with Gasteiger partial charge in [-0.2, -0.15) is 0 Å². The summed E-state index contributed by atoms with van der Waals surface area (Å²) in [6.45, 7) is 11.3. The number of benzene rings is 1. The third-order valence-corrected chi connectivity index (χ3v) is 2.68. The van der Waals surface area contributed by atoms with E-state index in [9.17, 15) is 4.79 Å². The number of rotatable bonds is 2. The molecule has 0 aliphatic carbocycles. The molecule has 0 fully saturated rings. The summed E-state index contributed by atoms with van der Waals surface area (Å²) in [5, 5.41) is 0.610. The molecule has 0 heterocycles. The fourth-order valence-corrected chi connectivity index (χ4v) is 1.74. The van der Waals surface area contributed by atoms with E-state index in [1.807, 2.05) is 27.7 Å². The lowest BCUT2D eigenvalue weighted by Crippen LogP contribution is -2.34. The molecule has 4 heteroatoms. The van der Waals surface area contributed by atoms with Crippen LogP contribution in [-0.4, -0.2) is 18.7 Å². The third kappa shape index (κ3) is 4.28. The minimum Gasteiger partial charge on any atom is -0.443 e. The highest BCUT2D eigenvalue weighted by Gasteiger charge is 2.22. The highest BCUT2D eigenvalue weighted by molar-refractivity contribution is 6.30. The molecular formula is C15H20ClNO2. The van der Waals surface area contributed by atoms with Crippen LogP contribution >= 0.6 is 11.6 Å². The molecule has 0 saturated heterocycles. The van der Waals surface area contributed by atoms with Gasteiger partial charge in [-0.05, 0) is 51.5 Å². The maximum Gasteiger partial charge on any atom is 0.414 e. The second-order valence-electron chi connectivity index (χ2n) is 5.48. The number of halogens is 1. The van der Waals surface area contributed by atoms with Crippen molar-refractivity contribution in [2.45, 2.75) is 33.3 Å². The van der Waals surface area contributed by atoms with Crippen molar-refractivity contribution in [2.75, 3.05) is 11.9 Å². The number of hydrogen-bond acceptors (Lipinski definition) is 2. The van der Waals surface area contributed by atoms with Gasteiger partial charge in [0.1, 0.15) is 5.60 Å². The molecular weight excluding hydrogens is 262 g/mol. The Bertz CT molecular complexity index is 503. The summed E-state index contributed by atoms with van der Waals surface area (Å²) in [6.07, 6.45) is -0.405. The predicted molar refractivity (Wildman–Crippen MR) is 80.8 cm³/mol. The molecule has 0 N–H and O–H groups in total. The molecule has 3 nitrogen and oxygen atoms in total. The normalized spacial score (nSPS) is 11.1. The quantitative estimate of drug-likeness (QED) is 0.783. The van der Waals surface area contributed by atoms with Crippen molar-refractivity contribution in [3.63, 3.8) is 0 Å². The zero-order valence-corrected chi connectivity index (χ0v) is 12.8. The van der Waals surface area contributed by atoms with Crippen LogP contribution in [0.2, 0.25) is 5.02 Å². The van der Waals surface area contributed by atoms with Crippen molar-refractivity contribution >= 4 is 29.0 Å². The van der Waals surface area contributed by atoms with E-state index in [4.69, 9.17) is 16.3 Å². The van der Waals surface area contributed by atoms with Gasteiger partial charge in [0.2, 0.25) is 0 Å². The molecule has 1 amide bonds. The van der Waals surface area contributed by atoms with E-state index in [1.165, 1.54) is 4.90 Å².